The predicted octanol–water partition coefficient (Wildman–Crippen LogP) is -0.798. The van der Waals surface area contributed by atoms with Gasteiger partial charge in [0.05, 0.1) is 42.7 Å². The molecule has 1 heterocycles. The summed E-state index contributed by atoms with van der Waals surface area (Å²) in [4.78, 5) is 40.6. The Balaban J connectivity index is 3.23. The molecule has 12 nitrogen and oxygen atoms in total. The highest BCUT2D eigenvalue weighted by Crippen LogP contribution is 2.16. The van der Waals surface area contributed by atoms with E-state index in [9.17, 15) is 0 Å². The molecule has 0 fully saturated rings. The molecule has 0 saturated carbocycles. The minimum atomic E-state index is -0.738. The maximum Gasteiger partial charge on any atom is 0.279 e. The van der Waals surface area contributed by atoms with Gasteiger partial charge in [0.1, 0.15) is 0 Å². The van der Waals surface area contributed by atoms with Crippen molar-refractivity contribution < 1.29 is 29.0 Å². The molecule has 0 amide bonds. The van der Waals surface area contributed by atoms with Crippen LogP contribution in [0.3, 0.4) is 0 Å². The number of hydroxylamine groups is 6. The standard InChI is InChI=1S/C10H22N6O6/c1-13-9(15(19-4)20-5)11-8(14(17-2)18-3)12-10(13)16(21-6)22-7/h9H,1-7H3. The molecular weight excluding hydrogens is 300 g/mol. The lowest BCUT2D eigenvalue weighted by molar-refractivity contribution is -0.381. The minimum absolute atomic E-state index is 0.0984. The Kier molecular flexibility index (Phi) is 7.40. The van der Waals surface area contributed by atoms with E-state index in [2.05, 4.69) is 9.98 Å². The Labute approximate surface area is 128 Å². The molecule has 22 heavy (non-hydrogen) atoms. The fraction of sp³-hybridized carbons (Fsp3) is 0.800. The van der Waals surface area contributed by atoms with Crippen LogP contribution in [0.2, 0.25) is 0 Å². The van der Waals surface area contributed by atoms with E-state index in [1.165, 1.54) is 42.7 Å². The molecule has 0 radical (unpaired) electrons. The second-order valence-corrected chi connectivity index (χ2v) is 3.69. The first-order valence-corrected chi connectivity index (χ1v) is 6.11. The van der Waals surface area contributed by atoms with Crippen LogP contribution < -0.4 is 0 Å². The maximum atomic E-state index is 5.11. The van der Waals surface area contributed by atoms with Crippen LogP contribution in [0, 0.1) is 0 Å². The predicted molar refractivity (Wildman–Crippen MR) is 74.0 cm³/mol. The van der Waals surface area contributed by atoms with E-state index >= 15 is 0 Å². The van der Waals surface area contributed by atoms with Crippen molar-refractivity contribution in [3.05, 3.63) is 0 Å². The van der Waals surface area contributed by atoms with Crippen molar-refractivity contribution in [2.24, 2.45) is 9.98 Å². The van der Waals surface area contributed by atoms with Gasteiger partial charge in [-0.1, -0.05) is 10.5 Å². The van der Waals surface area contributed by atoms with E-state index < -0.39 is 6.29 Å². The third-order valence-corrected chi connectivity index (χ3v) is 2.63. The zero-order chi connectivity index (χ0) is 16.7. The second kappa shape index (κ2) is 8.79. The Morgan fingerprint density at radius 2 is 1.32 bits per heavy atom. The van der Waals surface area contributed by atoms with Gasteiger partial charge in [-0.05, 0) is 5.23 Å². The third kappa shape index (κ3) is 3.80. The number of rotatable bonds is 7. The van der Waals surface area contributed by atoms with Gasteiger partial charge in [0, 0.05) is 7.05 Å². The zero-order valence-corrected chi connectivity index (χ0v) is 13.7. The Morgan fingerprint density at radius 1 is 0.818 bits per heavy atom. The summed E-state index contributed by atoms with van der Waals surface area (Å²) in [5.74, 6) is 0.361. The largest absolute Gasteiger partial charge is 0.303 e. The van der Waals surface area contributed by atoms with Crippen LogP contribution in [0.25, 0.3) is 0 Å². The maximum absolute atomic E-state index is 5.11. The lowest BCUT2D eigenvalue weighted by atomic mass is 10.6. The fourth-order valence-corrected chi connectivity index (χ4v) is 1.68. The van der Waals surface area contributed by atoms with E-state index in [0.29, 0.717) is 0 Å². The molecule has 1 rings (SSSR count). The summed E-state index contributed by atoms with van der Waals surface area (Å²) in [6, 6.07) is 0. The molecule has 0 aromatic carbocycles. The van der Waals surface area contributed by atoms with Crippen LogP contribution >= 0.6 is 0 Å². The number of hydrogen-bond acceptors (Lipinski definition) is 12. The second-order valence-electron chi connectivity index (χ2n) is 3.69. The van der Waals surface area contributed by atoms with Crippen molar-refractivity contribution in [1.82, 2.24) is 20.6 Å². The topological polar surface area (TPSA) is 93.1 Å². The van der Waals surface area contributed by atoms with Crippen molar-refractivity contribution in [2.75, 3.05) is 49.7 Å². The molecule has 0 spiro atoms. The van der Waals surface area contributed by atoms with Crippen molar-refractivity contribution >= 4 is 11.9 Å². The summed E-state index contributed by atoms with van der Waals surface area (Å²) in [6.45, 7) is 0. The van der Waals surface area contributed by atoms with Gasteiger partial charge in [-0.25, -0.2) is 24.3 Å². The Bertz CT molecular complexity index is 395. The van der Waals surface area contributed by atoms with Crippen LogP contribution in [-0.4, -0.2) is 88.5 Å². The van der Waals surface area contributed by atoms with Gasteiger partial charge in [-0.3, -0.25) is 9.68 Å². The molecule has 0 N–H and O–H groups in total. The molecular formula is C10H22N6O6. The summed E-state index contributed by atoms with van der Waals surface area (Å²) in [7, 11) is 10.2. The van der Waals surface area contributed by atoms with E-state index in [1.807, 2.05) is 0 Å². The molecule has 1 aliphatic rings. The molecule has 0 aromatic rings. The molecule has 0 aliphatic carbocycles. The van der Waals surface area contributed by atoms with Gasteiger partial charge in [0.15, 0.2) is 0 Å². The van der Waals surface area contributed by atoms with E-state index in [4.69, 9.17) is 29.0 Å². The van der Waals surface area contributed by atoms with Crippen LogP contribution in [0.5, 0.6) is 0 Å². The van der Waals surface area contributed by atoms with Gasteiger partial charge in [0.25, 0.3) is 11.9 Å². The molecule has 0 bridgehead atoms. The monoisotopic (exact) mass is 322 g/mol. The highest BCUT2D eigenvalue weighted by molar-refractivity contribution is 5.95. The number of hydrogen-bond donors (Lipinski definition) is 0. The lowest BCUT2D eigenvalue weighted by Gasteiger charge is -2.38. The summed E-state index contributed by atoms with van der Waals surface area (Å²) >= 11 is 0. The van der Waals surface area contributed by atoms with Crippen LogP contribution in [0.1, 0.15) is 0 Å². The quantitative estimate of drug-likeness (QED) is 0.555. The van der Waals surface area contributed by atoms with Gasteiger partial charge in [-0.15, -0.1) is 0 Å². The summed E-state index contributed by atoms with van der Waals surface area (Å²) < 4.78 is 0. The number of nitrogens with zero attached hydrogens (tertiary/aromatic N) is 6. The SMILES string of the molecule is CON(OC)C1=NC(N(OC)OC)N(C)C(N(OC)OC)=N1. The zero-order valence-electron chi connectivity index (χ0n) is 13.7. The molecule has 1 aliphatic heterocycles. The van der Waals surface area contributed by atoms with E-state index in [1.54, 1.807) is 11.9 Å². The highest BCUT2D eigenvalue weighted by atomic mass is 17.0. The molecule has 1 unspecified atom stereocenters. The van der Waals surface area contributed by atoms with Crippen LogP contribution in [0.15, 0.2) is 9.98 Å². The van der Waals surface area contributed by atoms with Gasteiger partial charge < -0.3 is 4.90 Å². The lowest BCUT2D eigenvalue weighted by Crippen LogP contribution is -2.55. The first-order valence-electron chi connectivity index (χ1n) is 6.11. The summed E-state index contributed by atoms with van der Waals surface area (Å²) in [6.07, 6.45) is -0.738. The Morgan fingerprint density at radius 3 is 1.73 bits per heavy atom. The Hall–Kier alpha value is -1.54. The average molecular weight is 322 g/mol. The van der Waals surface area contributed by atoms with Crippen LogP contribution in [-0.2, 0) is 29.0 Å². The summed E-state index contributed by atoms with van der Waals surface area (Å²) in [5, 5.41) is 3.23. The van der Waals surface area contributed by atoms with Gasteiger partial charge in [0.2, 0.25) is 6.29 Å². The molecule has 0 aromatic heterocycles. The summed E-state index contributed by atoms with van der Waals surface area (Å²) in [5.41, 5.74) is 0. The van der Waals surface area contributed by atoms with E-state index in [0.717, 1.165) is 15.7 Å². The molecule has 0 saturated heterocycles. The van der Waals surface area contributed by atoms with Gasteiger partial charge >= 0.3 is 0 Å². The first-order chi connectivity index (χ1) is 10.6. The van der Waals surface area contributed by atoms with Crippen molar-refractivity contribution in [3.63, 3.8) is 0 Å². The first kappa shape index (κ1) is 18.5. The molecule has 12 heteroatoms. The van der Waals surface area contributed by atoms with Crippen LogP contribution in [0.4, 0.5) is 0 Å². The van der Waals surface area contributed by atoms with Crippen molar-refractivity contribution in [2.45, 2.75) is 6.29 Å². The minimum Gasteiger partial charge on any atom is -0.303 e. The third-order valence-electron chi connectivity index (χ3n) is 2.63. The van der Waals surface area contributed by atoms with Crippen molar-refractivity contribution in [1.29, 1.82) is 0 Å². The average Bonchev–Trinajstić information content (AvgIpc) is 2.54. The fourth-order valence-electron chi connectivity index (χ4n) is 1.68. The van der Waals surface area contributed by atoms with E-state index in [-0.39, 0.29) is 11.9 Å². The molecule has 1 atom stereocenters. The number of aliphatic imine (C=N–C) groups is 2. The highest BCUT2D eigenvalue weighted by Gasteiger charge is 2.35. The number of guanidine groups is 2. The van der Waals surface area contributed by atoms with Crippen molar-refractivity contribution in [3.8, 4) is 0 Å². The van der Waals surface area contributed by atoms with Gasteiger partial charge in [-0.2, -0.15) is 4.99 Å². The molecule has 128 valence electrons. The smallest absolute Gasteiger partial charge is 0.279 e. The normalized spacial score (nSPS) is 18.4.